The van der Waals surface area contributed by atoms with Crippen molar-refractivity contribution in [1.82, 2.24) is 10.1 Å². The van der Waals surface area contributed by atoms with E-state index in [0.717, 1.165) is 15.3 Å². The molecular formula is C19H19FN2O2S. The summed E-state index contributed by atoms with van der Waals surface area (Å²) in [5.41, 5.74) is 1.65. The van der Waals surface area contributed by atoms with Crippen LogP contribution in [-0.4, -0.2) is 22.0 Å². The molecule has 0 saturated heterocycles. The summed E-state index contributed by atoms with van der Waals surface area (Å²) in [6.45, 7) is 6.21. The number of nitrogens with zero attached hydrogens (tertiary/aromatic N) is 2. The lowest BCUT2D eigenvalue weighted by Crippen LogP contribution is -2.35. The Morgan fingerprint density at radius 2 is 1.96 bits per heavy atom. The Kier molecular flexibility index (Phi) is 4.99. The van der Waals surface area contributed by atoms with E-state index in [1.807, 2.05) is 26.0 Å². The van der Waals surface area contributed by atoms with Crippen molar-refractivity contribution in [3.8, 4) is 10.4 Å². The first kappa shape index (κ1) is 17.4. The molecule has 3 rings (SSSR count). The van der Waals surface area contributed by atoms with Crippen LogP contribution in [0.3, 0.4) is 0 Å². The zero-order chi connectivity index (χ0) is 18.0. The van der Waals surface area contributed by atoms with Crippen LogP contribution in [0.4, 0.5) is 4.39 Å². The van der Waals surface area contributed by atoms with Gasteiger partial charge in [-0.25, -0.2) is 4.39 Å². The van der Waals surface area contributed by atoms with Gasteiger partial charge in [0.15, 0.2) is 0 Å². The van der Waals surface area contributed by atoms with Crippen LogP contribution in [0.5, 0.6) is 0 Å². The number of carbonyl (C=O) groups is 1. The van der Waals surface area contributed by atoms with E-state index >= 15 is 0 Å². The molecule has 1 aromatic carbocycles. The lowest BCUT2D eigenvalue weighted by atomic mass is 10.2. The van der Waals surface area contributed by atoms with Gasteiger partial charge in [0, 0.05) is 21.9 Å². The minimum atomic E-state index is -0.251. The lowest BCUT2D eigenvalue weighted by molar-refractivity contribution is 0.0649. The van der Waals surface area contributed by atoms with Crippen LogP contribution < -0.4 is 0 Å². The molecule has 0 atom stereocenters. The van der Waals surface area contributed by atoms with Gasteiger partial charge in [0.25, 0.3) is 5.91 Å². The topological polar surface area (TPSA) is 46.3 Å². The van der Waals surface area contributed by atoms with Crippen LogP contribution in [-0.2, 0) is 6.54 Å². The average Bonchev–Trinajstić information content (AvgIpc) is 3.21. The van der Waals surface area contributed by atoms with Crippen molar-refractivity contribution in [2.24, 2.45) is 0 Å². The molecule has 1 amide bonds. The van der Waals surface area contributed by atoms with Gasteiger partial charge in [-0.2, -0.15) is 0 Å². The molecular weight excluding hydrogens is 339 g/mol. The normalized spacial score (nSPS) is 11.1. The number of carbonyl (C=O) groups excluding carboxylic acids is 1. The molecule has 3 aromatic rings. The summed E-state index contributed by atoms with van der Waals surface area (Å²) in [5.74, 6) is -0.173. The SMILES string of the molecule is Cc1cc(C(=O)N(Cc2ccc(-c3ccc(F)cc3)s2)C(C)C)on1. The first-order valence-corrected chi connectivity index (χ1v) is 8.84. The van der Waals surface area contributed by atoms with E-state index in [4.69, 9.17) is 4.52 Å². The molecule has 4 nitrogen and oxygen atoms in total. The van der Waals surface area contributed by atoms with Crippen molar-refractivity contribution in [3.05, 3.63) is 64.6 Å². The highest BCUT2D eigenvalue weighted by Gasteiger charge is 2.23. The van der Waals surface area contributed by atoms with Gasteiger partial charge in [-0.1, -0.05) is 17.3 Å². The van der Waals surface area contributed by atoms with Gasteiger partial charge in [0.2, 0.25) is 5.76 Å². The van der Waals surface area contributed by atoms with Crippen molar-refractivity contribution in [1.29, 1.82) is 0 Å². The molecule has 0 fully saturated rings. The second kappa shape index (κ2) is 7.19. The first-order chi connectivity index (χ1) is 11.9. The summed E-state index contributed by atoms with van der Waals surface area (Å²) in [6.07, 6.45) is 0. The number of rotatable bonds is 5. The van der Waals surface area contributed by atoms with Gasteiger partial charge in [0.05, 0.1) is 12.2 Å². The third-order valence-electron chi connectivity index (χ3n) is 3.84. The maximum Gasteiger partial charge on any atom is 0.293 e. The molecule has 2 heterocycles. The van der Waals surface area contributed by atoms with Crippen molar-refractivity contribution in [2.45, 2.75) is 33.4 Å². The lowest BCUT2D eigenvalue weighted by Gasteiger charge is -2.25. The van der Waals surface area contributed by atoms with E-state index in [0.29, 0.717) is 12.2 Å². The summed E-state index contributed by atoms with van der Waals surface area (Å²) >= 11 is 1.59. The Morgan fingerprint density at radius 3 is 2.56 bits per heavy atom. The van der Waals surface area contributed by atoms with Crippen molar-refractivity contribution >= 4 is 17.2 Å². The maximum atomic E-state index is 13.1. The number of thiophene rings is 1. The van der Waals surface area contributed by atoms with Crippen LogP contribution in [0.15, 0.2) is 47.0 Å². The maximum absolute atomic E-state index is 13.1. The Bertz CT molecular complexity index is 868. The highest BCUT2D eigenvalue weighted by Crippen LogP contribution is 2.29. The van der Waals surface area contributed by atoms with Crippen LogP contribution in [0.25, 0.3) is 10.4 Å². The van der Waals surface area contributed by atoms with Crippen molar-refractivity contribution < 1.29 is 13.7 Å². The summed E-state index contributed by atoms with van der Waals surface area (Å²) in [5, 5.41) is 3.79. The van der Waals surface area contributed by atoms with E-state index in [2.05, 4.69) is 5.16 Å². The molecule has 0 bridgehead atoms. The molecule has 0 aliphatic heterocycles. The van der Waals surface area contributed by atoms with Gasteiger partial charge >= 0.3 is 0 Å². The molecule has 130 valence electrons. The summed E-state index contributed by atoms with van der Waals surface area (Å²) in [6, 6.07) is 12.1. The standard InChI is InChI=1S/C19H19FN2O2S/c1-12(2)22(19(23)17-10-13(3)21-24-17)11-16-8-9-18(25-16)14-4-6-15(20)7-5-14/h4-10,12H,11H2,1-3H3. The predicted molar refractivity (Wildman–Crippen MR) is 96.0 cm³/mol. The monoisotopic (exact) mass is 358 g/mol. The van der Waals surface area contributed by atoms with Gasteiger partial charge in [0.1, 0.15) is 5.82 Å². The smallest absolute Gasteiger partial charge is 0.293 e. The minimum absolute atomic E-state index is 0.0225. The molecule has 2 aromatic heterocycles. The van der Waals surface area contributed by atoms with Crippen LogP contribution in [0.1, 0.15) is 35.0 Å². The van der Waals surface area contributed by atoms with Crippen molar-refractivity contribution in [2.75, 3.05) is 0 Å². The first-order valence-electron chi connectivity index (χ1n) is 8.03. The molecule has 0 aliphatic carbocycles. The number of halogens is 1. The number of amides is 1. The molecule has 0 N–H and O–H groups in total. The quantitative estimate of drug-likeness (QED) is 0.651. The van der Waals surface area contributed by atoms with Gasteiger partial charge in [-0.05, 0) is 50.6 Å². The van der Waals surface area contributed by atoms with E-state index in [9.17, 15) is 9.18 Å². The van der Waals surface area contributed by atoms with E-state index < -0.39 is 0 Å². The summed E-state index contributed by atoms with van der Waals surface area (Å²) in [4.78, 5) is 16.5. The fraction of sp³-hybridized carbons (Fsp3) is 0.263. The summed E-state index contributed by atoms with van der Waals surface area (Å²) in [7, 11) is 0. The Hall–Kier alpha value is -2.47. The minimum Gasteiger partial charge on any atom is -0.351 e. The molecule has 6 heteroatoms. The van der Waals surface area contributed by atoms with Crippen molar-refractivity contribution in [3.63, 3.8) is 0 Å². The van der Waals surface area contributed by atoms with E-state index in [-0.39, 0.29) is 23.5 Å². The average molecular weight is 358 g/mol. The van der Waals surface area contributed by atoms with Gasteiger partial charge in [-0.3, -0.25) is 4.79 Å². The third kappa shape index (κ3) is 3.96. The Labute approximate surface area is 149 Å². The number of hydrogen-bond acceptors (Lipinski definition) is 4. The number of benzene rings is 1. The molecule has 0 unspecified atom stereocenters. The van der Waals surface area contributed by atoms with E-state index in [1.54, 1.807) is 41.4 Å². The zero-order valence-electron chi connectivity index (χ0n) is 14.3. The number of hydrogen-bond donors (Lipinski definition) is 0. The van der Waals surface area contributed by atoms with Gasteiger partial charge in [-0.15, -0.1) is 11.3 Å². The van der Waals surface area contributed by atoms with Crippen LogP contribution in [0, 0.1) is 12.7 Å². The highest BCUT2D eigenvalue weighted by molar-refractivity contribution is 7.15. The predicted octanol–water partition coefficient (Wildman–Crippen LogP) is 4.90. The molecule has 0 radical (unpaired) electrons. The fourth-order valence-corrected chi connectivity index (χ4v) is 3.51. The number of aromatic nitrogens is 1. The fourth-order valence-electron chi connectivity index (χ4n) is 2.49. The molecule has 0 aliphatic rings. The third-order valence-corrected chi connectivity index (χ3v) is 4.96. The Morgan fingerprint density at radius 1 is 1.24 bits per heavy atom. The largest absolute Gasteiger partial charge is 0.351 e. The molecule has 0 spiro atoms. The molecule has 0 saturated carbocycles. The highest BCUT2D eigenvalue weighted by atomic mass is 32.1. The number of aryl methyl sites for hydroxylation is 1. The van der Waals surface area contributed by atoms with Gasteiger partial charge < -0.3 is 9.42 Å². The second-order valence-electron chi connectivity index (χ2n) is 6.13. The van der Waals surface area contributed by atoms with Crippen LogP contribution >= 0.6 is 11.3 Å². The van der Waals surface area contributed by atoms with Crippen LogP contribution in [0.2, 0.25) is 0 Å². The second-order valence-corrected chi connectivity index (χ2v) is 7.30. The summed E-state index contributed by atoms with van der Waals surface area (Å²) < 4.78 is 18.2. The molecule has 25 heavy (non-hydrogen) atoms. The van der Waals surface area contributed by atoms with E-state index in [1.165, 1.54) is 12.1 Å². The Balaban J connectivity index is 1.79. The zero-order valence-corrected chi connectivity index (χ0v) is 15.1.